The molecule has 2 aliphatic heterocycles. The lowest BCUT2D eigenvalue weighted by Crippen LogP contribution is -2.17. The SMILES string of the molecule is O=c1cc(CN2Cc3ccccc3C2)occ1OCC1=CCSC=C1. The third-order valence-corrected chi connectivity index (χ3v) is 5.04. The van der Waals surface area contributed by atoms with E-state index < -0.39 is 0 Å². The summed E-state index contributed by atoms with van der Waals surface area (Å²) >= 11 is 1.74. The number of benzene rings is 1. The first-order valence-electron chi connectivity index (χ1n) is 8.29. The van der Waals surface area contributed by atoms with Crippen molar-refractivity contribution >= 4 is 11.8 Å². The molecule has 1 aromatic carbocycles. The summed E-state index contributed by atoms with van der Waals surface area (Å²) in [5, 5.41) is 2.04. The fourth-order valence-electron chi connectivity index (χ4n) is 3.04. The zero-order valence-corrected chi connectivity index (χ0v) is 14.6. The van der Waals surface area contributed by atoms with Crippen molar-refractivity contribution in [2.45, 2.75) is 19.6 Å². The van der Waals surface area contributed by atoms with Gasteiger partial charge in [-0.05, 0) is 28.2 Å². The largest absolute Gasteiger partial charge is 0.482 e. The average Bonchev–Trinajstić information content (AvgIpc) is 3.04. The zero-order chi connectivity index (χ0) is 17.1. The quantitative estimate of drug-likeness (QED) is 0.819. The molecule has 4 nitrogen and oxygen atoms in total. The molecule has 1 aromatic heterocycles. The first-order chi connectivity index (χ1) is 12.3. The predicted octanol–water partition coefficient (Wildman–Crippen LogP) is 3.72. The molecule has 0 unspecified atom stereocenters. The lowest BCUT2D eigenvalue weighted by molar-refractivity contribution is 0.244. The van der Waals surface area contributed by atoms with Crippen LogP contribution in [0.3, 0.4) is 0 Å². The number of fused-ring (bicyclic) bond motifs is 1. The van der Waals surface area contributed by atoms with E-state index in [1.54, 1.807) is 17.8 Å². The molecule has 0 aliphatic carbocycles. The molecule has 0 bridgehead atoms. The van der Waals surface area contributed by atoms with Crippen molar-refractivity contribution in [3.8, 4) is 5.75 Å². The highest BCUT2D eigenvalue weighted by Crippen LogP contribution is 2.24. The normalized spacial score (nSPS) is 16.6. The van der Waals surface area contributed by atoms with Crippen LogP contribution in [0.25, 0.3) is 0 Å². The molecule has 0 amide bonds. The second-order valence-electron chi connectivity index (χ2n) is 6.19. The third kappa shape index (κ3) is 3.89. The molecule has 4 rings (SSSR count). The number of hydrogen-bond donors (Lipinski definition) is 0. The van der Waals surface area contributed by atoms with Crippen molar-refractivity contribution < 1.29 is 9.15 Å². The van der Waals surface area contributed by atoms with Gasteiger partial charge in [-0.1, -0.05) is 30.3 Å². The van der Waals surface area contributed by atoms with Gasteiger partial charge in [-0.15, -0.1) is 11.8 Å². The molecular weight excluding hydrogens is 334 g/mol. The molecule has 0 spiro atoms. The topological polar surface area (TPSA) is 42.7 Å². The number of ether oxygens (including phenoxy) is 1. The molecular formula is C20H19NO3S. The Kier molecular flexibility index (Phi) is 4.76. The minimum Gasteiger partial charge on any atom is -0.482 e. The van der Waals surface area contributed by atoms with Crippen LogP contribution in [0.4, 0.5) is 0 Å². The van der Waals surface area contributed by atoms with Gasteiger partial charge in [0.25, 0.3) is 0 Å². The Morgan fingerprint density at radius 1 is 1.20 bits per heavy atom. The van der Waals surface area contributed by atoms with Crippen LogP contribution in [0.5, 0.6) is 5.75 Å². The first kappa shape index (κ1) is 16.2. The van der Waals surface area contributed by atoms with Gasteiger partial charge >= 0.3 is 0 Å². The van der Waals surface area contributed by atoms with Crippen LogP contribution < -0.4 is 10.2 Å². The Hall–Kier alpha value is -2.24. The van der Waals surface area contributed by atoms with Crippen LogP contribution in [0.1, 0.15) is 16.9 Å². The van der Waals surface area contributed by atoms with E-state index in [4.69, 9.17) is 9.15 Å². The molecule has 25 heavy (non-hydrogen) atoms. The van der Waals surface area contributed by atoms with Gasteiger partial charge in [0, 0.05) is 24.9 Å². The van der Waals surface area contributed by atoms with Crippen LogP contribution in [0, 0.1) is 0 Å². The molecule has 2 aliphatic rings. The Bertz CT molecular complexity index is 860. The number of rotatable bonds is 5. The number of nitrogens with zero attached hydrogens (tertiary/aromatic N) is 1. The summed E-state index contributed by atoms with van der Waals surface area (Å²) in [6.45, 7) is 2.78. The van der Waals surface area contributed by atoms with Crippen molar-refractivity contribution in [1.29, 1.82) is 0 Å². The second-order valence-corrected chi connectivity index (χ2v) is 7.13. The average molecular weight is 353 g/mol. The molecule has 0 fully saturated rings. The zero-order valence-electron chi connectivity index (χ0n) is 13.8. The van der Waals surface area contributed by atoms with Gasteiger partial charge < -0.3 is 9.15 Å². The first-order valence-corrected chi connectivity index (χ1v) is 9.34. The van der Waals surface area contributed by atoms with E-state index in [9.17, 15) is 4.79 Å². The van der Waals surface area contributed by atoms with Crippen LogP contribution in [-0.4, -0.2) is 17.3 Å². The van der Waals surface area contributed by atoms with Crippen molar-refractivity contribution in [1.82, 2.24) is 4.90 Å². The van der Waals surface area contributed by atoms with E-state index in [2.05, 4.69) is 35.2 Å². The Morgan fingerprint density at radius 3 is 2.68 bits per heavy atom. The van der Waals surface area contributed by atoms with Crippen LogP contribution >= 0.6 is 11.8 Å². The Balaban J connectivity index is 1.38. The van der Waals surface area contributed by atoms with Crippen LogP contribution in [0.2, 0.25) is 0 Å². The maximum Gasteiger partial charge on any atom is 0.227 e. The molecule has 0 N–H and O–H groups in total. The van der Waals surface area contributed by atoms with E-state index in [0.717, 1.165) is 24.4 Å². The highest BCUT2D eigenvalue weighted by atomic mass is 32.2. The molecule has 0 saturated carbocycles. The minimum absolute atomic E-state index is 0.132. The summed E-state index contributed by atoms with van der Waals surface area (Å²) < 4.78 is 11.2. The smallest absolute Gasteiger partial charge is 0.227 e. The maximum atomic E-state index is 12.3. The molecule has 128 valence electrons. The summed E-state index contributed by atoms with van der Waals surface area (Å²) in [7, 11) is 0. The van der Waals surface area contributed by atoms with Gasteiger partial charge in [0.2, 0.25) is 11.2 Å². The van der Waals surface area contributed by atoms with E-state index in [1.165, 1.54) is 17.4 Å². The molecule has 0 atom stereocenters. The van der Waals surface area contributed by atoms with Gasteiger partial charge in [-0.3, -0.25) is 9.69 Å². The maximum absolute atomic E-state index is 12.3. The summed E-state index contributed by atoms with van der Waals surface area (Å²) in [5.74, 6) is 1.88. The van der Waals surface area contributed by atoms with Gasteiger partial charge in [0.05, 0.1) is 6.54 Å². The predicted molar refractivity (Wildman–Crippen MR) is 99.5 cm³/mol. The van der Waals surface area contributed by atoms with Crippen molar-refractivity contribution in [3.05, 3.63) is 86.8 Å². The third-order valence-electron chi connectivity index (χ3n) is 4.35. The fraction of sp³-hybridized carbons (Fsp3) is 0.250. The van der Waals surface area contributed by atoms with Crippen LogP contribution in [-0.2, 0) is 19.6 Å². The summed E-state index contributed by atoms with van der Waals surface area (Å²) in [4.78, 5) is 14.5. The minimum atomic E-state index is -0.132. The molecule has 0 radical (unpaired) electrons. The van der Waals surface area contributed by atoms with E-state index in [0.29, 0.717) is 18.9 Å². The van der Waals surface area contributed by atoms with Gasteiger partial charge in [-0.2, -0.15) is 0 Å². The van der Waals surface area contributed by atoms with Crippen LogP contribution in [0.15, 0.2) is 68.9 Å². The molecule has 5 heteroatoms. The summed E-state index contributed by atoms with van der Waals surface area (Å²) in [6.07, 6.45) is 5.55. The summed E-state index contributed by atoms with van der Waals surface area (Å²) in [6, 6.07) is 9.96. The van der Waals surface area contributed by atoms with E-state index in [-0.39, 0.29) is 11.2 Å². The monoisotopic (exact) mass is 353 g/mol. The van der Waals surface area contributed by atoms with Gasteiger partial charge in [0.15, 0.2) is 0 Å². The summed E-state index contributed by atoms with van der Waals surface area (Å²) in [5.41, 5.74) is 3.64. The van der Waals surface area contributed by atoms with E-state index in [1.807, 2.05) is 11.5 Å². The van der Waals surface area contributed by atoms with Crippen molar-refractivity contribution in [2.24, 2.45) is 0 Å². The highest BCUT2D eigenvalue weighted by molar-refractivity contribution is 8.02. The van der Waals surface area contributed by atoms with Crippen molar-refractivity contribution in [2.75, 3.05) is 12.4 Å². The number of thioether (sulfide) groups is 1. The van der Waals surface area contributed by atoms with Crippen molar-refractivity contribution in [3.63, 3.8) is 0 Å². The standard InChI is InChI=1S/C20H19NO3S/c22-19-9-18(12-21-10-16-3-1-2-4-17(16)11-21)23-14-20(19)24-13-15-5-7-25-8-6-15/h1-7,9,14H,8,10-13H2. The fourth-order valence-corrected chi connectivity index (χ4v) is 3.74. The van der Waals surface area contributed by atoms with Gasteiger partial charge in [0.1, 0.15) is 18.6 Å². The van der Waals surface area contributed by atoms with E-state index >= 15 is 0 Å². The molecule has 0 saturated heterocycles. The number of hydrogen-bond acceptors (Lipinski definition) is 5. The lowest BCUT2D eigenvalue weighted by atomic mass is 10.1. The highest BCUT2D eigenvalue weighted by Gasteiger charge is 2.19. The lowest BCUT2D eigenvalue weighted by Gasteiger charge is -2.14. The van der Waals surface area contributed by atoms with Gasteiger partial charge in [-0.25, -0.2) is 0 Å². The molecule has 2 aromatic rings. The molecule has 3 heterocycles. The Labute approximate surface area is 150 Å². The Morgan fingerprint density at radius 2 is 2.00 bits per heavy atom. The second kappa shape index (κ2) is 7.33.